The van der Waals surface area contributed by atoms with Crippen molar-refractivity contribution in [3.05, 3.63) is 197 Å². The van der Waals surface area contributed by atoms with E-state index in [1.165, 1.54) is 27.8 Å². The Kier molecular flexibility index (Phi) is 41.5. The minimum Gasteiger partial charge on any atom is -0.507 e. The van der Waals surface area contributed by atoms with Gasteiger partial charge in [-0.05, 0) is 222 Å². The standard InChI is InChI=1S/C19H32N2O2.C17H29NO.C16H27N.C15H25NO.C15H24OS.C14H23NO.C14H22OS/c1-18(2,3)14-11-13(7-8-16(22)21-10-9-20)12-15(17(14)23)19(4,5)6;1-16(2,3)13-10-12(8-7-9-18)11-14(15(13)19)17(4,5)6;1-15(2,3)13-9-12(7-8-17)10-14(11-13)16(4,5)6;1-14(2,3)11-7-10(9-16)8-12(13(11)17)15(4,5)6;1-14(2,3)11-7-10(9-17)8-12(13(11)16)15(4,5)6;1-13(2,3)10-7-9(15)8-11(12(10)16)14(4,5)6;1-13(2,3)10-7-9(16)8-11(12(10)15)14(4,5)6/h11-12,23H,7-10,20H2,1-6H3,(H,21,22);10-11,19H,7-9,18H2,1-6H3;9-11H,7-8,17H2,1-6H3;7-8,17H,9,16H2,1-6H3;7-8,16-17H,9H2,1-6H3;7-8,16H,15H2,1-6H3;7-8,15-16H,1-6H3. The summed E-state index contributed by atoms with van der Waals surface area (Å²) in [5.41, 5.74) is 48.9. The van der Waals surface area contributed by atoms with Crippen molar-refractivity contribution in [3.63, 3.8) is 0 Å². The topological polar surface area (TPSA) is 281 Å². The zero-order valence-corrected chi connectivity index (χ0v) is 88.6. The van der Waals surface area contributed by atoms with Crippen molar-refractivity contribution in [1.82, 2.24) is 5.32 Å². The van der Waals surface area contributed by atoms with Crippen LogP contribution in [0.5, 0.6) is 34.5 Å². The molecule has 0 aliphatic carbocycles. The van der Waals surface area contributed by atoms with E-state index in [0.717, 1.165) is 109 Å². The number of rotatable bonds is 12. The summed E-state index contributed by atoms with van der Waals surface area (Å²) in [6.07, 6.45) is 4.01. The van der Waals surface area contributed by atoms with E-state index < -0.39 is 0 Å². The van der Waals surface area contributed by atoms with Crippen molar-refractivity contribution < 1.29 is 35.4 Å². The second-order valence-electron chi connectivity index (χ2n) is 48.9. The van der Waals surface area contributed by atoms with Crippen molar-refractivity contribution in [3.8, 4) is 34.5 Å². The van der Waals surface area contributed by atoms with E-state index in [1.54, 1.807) is 0 Å². The highest BCUT2D eigenvalue weighted by molar-refractivity contribution is 7.80. The van der Waals surface area contributed by atoms with Gasteiger partial charge in [0.15, 0.2) is 0 Å². The third kappa shape index (κ3) is 36.9. The molecule has 706 valence electrons. The fourth-order valence-corrected chi connectivity index (χ4v) is 14.6. The molecule has 0 aliphatic heterocycles. The number of anilines is 1. The number of hydrogen-bond acceptors (Lipinski definition) is 14. The third-order valence-corrected chi connectivity index (χ3v) is 22.6. The first kappa shape index (κ1) is 116. The molecule has 0 aliphatic rings. The van der Waals surface area contributed by atoms with Crippen molar-refractivity contribution in [2.45, 2.75) is 416 Å². The Hall–Kier alpha value is -6.85. The molecule has 7 aromatic rings. The molecular formula is C110H182N6O7S2. The number of phenols is 6. The van der Waals surface area contributed by atoms with Gasteiger partial charge in [0.1, 0.15) is 34.5 Å². The van der Waals surface area contributed by atoms with Crippen molar-refractivity contribution in [2.75, 3.05) is 31.9 Å². The van der Waals surface area contributed by atoms with E-state index in [-0.39, 0.29) is 81.7 Å². The summed E-state index contributed by atoms with van der Waals surface area (Å²) in [6, 6.07) is 31.1. The van der Waals surface area contributed by atoms with Crippen LogP contribution in [0.3, 0.4) is 0 Å². The van der Waals surface area contributed by atoms with Crippen LogP contribution >= 0.6 is 25.3 Å². The molecule has 7 aromatic carbocycles. The Morgan fingerprint density at radius 2 is 0.504 bits per heavy atom. The normalized spacial score (nSPS) is 12.8. The van der Waals surface area contributed by atoms with Gasteiger partial charge in [-0.25, -0.2) is 0 Å². The first-order chi connectivity index (χ1) is 55.9. The van der Waals surface area contributed by atoms with Crippen LogP contribution in [0.25, 0.3) is 0 Å². The van der Waals surface area contributed by atoms with E-state index >= 15 is 0 Å². The van der Waals surface area contributed by atoms with Crippen LogP contribution in [-0.4, -0.2) is 62.7 Å². The Morgan fingerprint density at radius 1 is 0.280 bits per heavy atom. The molecular weight excluding hydrogens is 1580 g/mol. The van der Waals surface area contributed by atoms with Crippen molar-refractivity contribution >= 4 is 36.9 Å². The number of thiol groups is 2. The summed E-state index contributed by atoms with van der Waals surface area (Å²) < 4.78 is 0. The van der Waals surface area contributed by atoms with E-state index in [2.05, 4.69) is 364 Å². The number of carbonyl (C=O) groups excluding carboxylic acids is 1. The van der Waals surface area contributed by atoms with E-state index in [9.17, 15) is 35.4 Å². The van der Waals surface area contributed by atoms with Crippen LogP contribution in [0.4, 0.5) is 5.69 Å². The molecule has 0 saturated heterocycles. The van der Waals surface area contributed by atoms with Crippen LogP contribution < -0.4 is 34.0 Å². The Balaban J connectivity index is 0.000000732. The van der Waals surface area contributed by atoms with Gasteiger partial charge < -0.3 is 64.6 Å². The van der Waals surface area contributed by atoms with Gasteiger partial charge in [-0.2, -0.15) is 12.6 Å². The maximum absolute atomic E-state index is 11.8. The number of carbonyl (C=O) groups is 1. The lowest BCUT2D eigenvalue weighted by molar-refractivity contribution is -0.121. The monoisotopic (exact) mass is 1760 g/mol. The minimum atomic E-state index is -0.151. The number of nitrogen functional groups attached to an aromatic ring is 1. The fraction of sp³-hybridized carbons (Fsp3) is 0.609. The van der Waals surface area contributed by atoms with Gasteiger partial charge in [0, 0.05) is 64.6 Å². The van der Waals surface area contributed by atoms with E-state index in [4.69, 9.17) is 28.7 Å². The molecule has 15 heteroatoms. The predicted octanol–water partition coefficient (Wildman–Crippen LogP) is 26.4. The molecule has 0 aromatic heterocycles. The summed E-state index contributed by atoms with van der Waals surface area (Å²) in [6.45, 7) is 92.3. The largest absolute Gasteiger partial charge is 0.507 e. The number of aryl methyl sites for hydroxylation is 2. The van der Waals surface area contributed by atoms with Crippen LogP contribution in [0, 0.1) is 0 Å². The van der Waals surface area contributed by atoms with Gasteiger partial charge in [0.2, 0.25) is 5.91 Å². The summed E-state index contributed by atoms with van der Waals surface area (Å²) >= 11 is 8.77. The first-order valence-corrected chi connectivity index (χ1v) is 46.5. The van der Waals surface area contributed by atoms with Crippen LogP contribution in [0.1, 0.15) is 409 Å². The molecule has 17 N–H and O–H groups in total. The van der Waals surface area contributed by atoms with Gasteiger partial charge >= 0.3 is 0 Å². The van der Waals surface area contributed by atoms with Crippen LogP contribution in [0.2, 0.25) is 0 Å². The lowest BCUT2D eigenvalue weighted by Crippen LogP contribution is -2.29. The molecule has 0 fully saturated rings. The highest BCUT2D eigenvalue weighted by Gasteiger charge is 2.34. The summed E-state index contributed by atoms with van der Waals surface area (Å²) in [4.78, 5) is 12.7. The predicted molar refractivity (Wildman–Crippen MR) is 550 cm³/mol. The van der Waals surface area contributed by atoms with Gasteiger partial charge in [-0.15, -0.1) is 12.6 Å². The molecule has 0 spiro atoms. The van der Waals surface area contributed by atoms with Gasteiger partial charge in [-0.1, -0.05) is 358 Å². The molecule has 0 saturated carbocycles. The molecule has 1 amide bonds. The number of amides is 1. The summed E-state index contributed by atoms with van der Waals surface area (Å²) in [5.74, 6) is 3.20. The Labute approximate surface area is 774 Å². The first-order valence-electron chi connectivity index (χ1n) is 45.4. The highest BCUT2D eigenvalue weighted by Crippen LogP contribution is 2.47. The van der Waals surface area contributed by atoms with Gasteiger partial charge in [0.05, 0.1) is 0 Å². The molecule has 0 unspecified atom stereocenters. The molecule has 0 radical (unpaired) electrons. The fourth-order valence-electron chi connectivity index (χ4n) is 14.1. The number of hydrogen-bond donors (Lipinski definition) is 14. The average molecular weight is 1760 g/mol. The maximum Gasteiger partial charge on any atom is 0.220 e. The zero-order valence-electron chi connectivity index (χ0n) is 86.8. The van der Waals surface area contributed by atoms with E-state index in [1.807, 2.05) is 48.5 Å². The van der Waals surface area contributed by atoms with Crippen LogP contribution in [-0.2, 0) is 112 Å². The number of aromatic hydroxyl groups is 6. The van der Waals surface area contributed by atoms with E-state index in [0.29, 0.717) is 85.0 Å². The highest BCUT2D eigenvalue weighted by atomic mass is 32.1. The second kappa shape index (κ2) is 44.6. The lowest BCUT2D eigenvalue weighted by atomic mass is 9.78. The number of benzene rings is 7. The molecule has 0 heterocycles. The number of nitrogens with two attached hydrogens (primary N) is 5. The molecule has 125 heavy (non-hydrogen) atoms. The van der Waals surface area contributed by atoms with Crippen LogP contribution in [0.15, 0.2) is 95.9 Å². The van der Waals surface area contributed by atoms with Gasteiger partial charge in [-0.3, -0.25) is 4.79 Å². The Morgan fingerprint density at radius 3 is 0.720 bits per heavy atom. The van der Waals surface area contributed by atoms with Gasteiger partial charge in [0.25, 0.3) is 0 Å². The molecule has 0 atom stereocenters. The average Bonchev–Trinajstić information content (AvgIpc) is 0.819. The van der Waals surface area contributed by atoms with Crippen molar-refractivity contribution in [2.24, 2.45) is 22.9 Å². The quantitative estimate of drug-likeness (QED) is 0.0309. The lowest BCUT2D eigenvalue weighted by Gasteiger charge is -2.28. The summed E-state index contributed by atoms with van der Waals surface area (Å²) in [7, 11) is 0. The molecule has 7 rings (SSSR count). The number of phenolic OH excluding ortho intramolecular Hbond substituents is 6. The summed E-state index contributed by atoms with van der Waals surface area (Å²) in [5, 5.41) is 65.6. The zero-order chi connectivity index (χ0) is 98.3. The smallest absolute Gasteiger partial charge is 0.220 e. The third-order valence-electron chi connectivity index (χ3n) is 22.0. The number of nitrogens with one attached hydrogen (secondary N) is 1. The second-order valence-corrected chi connectivity index (χ2v) is 49.7. The molecule has 0 bridgehead atoms. The minimum absolute atomic E-state index is 0.0122. The SMILES string of the molecule is CC(C)(C)c1cc(CCC(=O)NCCN)cc(C(C)(C)C)c1O.CC(C)(C)c1cc(CCCN)cc(C(C)(C)C)c1O.CC(C)(C)c1cc(CCN)cc(C(C)(C)C)c1.CC(C)(C)c1cc(CN)cc(C(C)(C)C)c1O.CC(C)(C)c1cc(CS)cc(C(C)(C)C)c1O.CC(C)(C)c1cc(N)cc(C(C)(C)C)c1O.CC(C)(C)c1cc(S)cc(C(C)(C)C)c1O. The maximum atomic E-state index is 11.8. The van der Waals surface area contributed by atoms with Crippen molar-refractivity contribution in [1.29, 1.82) is 0 Å². The Bertz CT molecular complexity index is 4220. The molecule has 13 nitrogen and oxygen atoms in total.